The van der Waals surface area contributed by atoms with Crippen LogP contribution in [0.1, 0.15) is 25.0 Å². The van der Waals surface area contributed by atoms with Crippen LogP contribution in [-0.2, 0) is 9.53 Å². The van der Waals surface area contributed by atoms with Crippen LogP contribution in [0, 0.1) is 0 Å². The lowest BCUT2D eigenvalue weighted by Gasteiger charge is -2.16. The molecule has 1 N–H and O–H groups in total. The molecule has 18 heavy (non-hydrogen) atoms. The van der Waals surface area contributed by atoms with Gasteiger partial charge in [0, 0.05) is 5.56 Å². The highest BCUT2D eigenvalue weighted by Crippen LogP contribution is 2.35. The third-order valence-corrected chi connectivity index (χ3v) is 2.46. The molecule has 0 saturated carbocycles. The highest BCUT2D eigenvalue weighted by molar-refractivity contribution is 5.70. The fraction of sp³-hybridized carbons (Fsp3) is 0.462. The molecule has 0 spiro atoms. The summed E-state index contributed by atoms with van der Waals surface area (Å²) in [6, 6.07) is 5.13. The molecule has 0 aromatic heterocycles. The van der Waals surface area contributed by atoms with Crippen LogP contribution in [0.15, 0.2) is 18.2 Å². The van der Waals surface area contributed by atoms with Gasteiger partial charge in [0.1, 0.15) is 0 Å². The Kier molecular flexibility index (Phi) is 5.45. The molecular weight excluding hydrogens is 236 g/mol. The molecule has 5 nitrogen and oxygen atoms in total. The number of carbonyl (C=O) groups is 1. The van der Waals surface area contributed by atoms with E-state index in [0.29, 0.717) is 23.7 Å². The Bertz CT molecular complexity index is 402. The van der Waals surface area contributed by atoms with E-state index in [1.807, 2.05) is 0 Å². The van der Waals surface area contributed by atoms with Gasteiger partial charge in [-0.1, -0.05) is 12.1 Å². The number of para-hydroxylation sites is 1. The minimum atomic E-state index is -0.978. The number of carbonyl (C=O) groups excluding carboxylic acids is 1. The van der Waals surface area contributed by atoms with Gasteiger partial charge in [-0.2, -0.15) is 0 Å². The normalized spacial score (nSPS) is 11.8. The number of rotatable bonds is 6. The molecule has 1 aromatic carbocycles. The van der Waals surface area contributed by atoms with E-state index < -0.39 is 12.1 Å². The van der Waals surface area contributed by atoms with Crippen LogP contribution >= 0.6 is 0 Å². The molecule has 5 heteroatoms. The molecule has 1 rings (SSSR count). The summed E-state index contributed by atoms with van der Waals surface area (Å²) in [5, 5.41) is 10.0. The molecule has 1 aromatic rings. The van der Waals surface area contributed by atoms with Gasteiger partial charge < -0.3 is 19.3 Å². The average Bonchev–Trinajstić information content (AvgIpc) is 2.37. The van der Waals surface area contributed by atoms with Crippen LogP contribution in [0.5, 0.6) is 11.5 Å². The second-order valence-corrected chi connectivity index (χ2v) is 3.61. The Balaban J connectivity index is 2.91. The predicted molar refractivity (Wildman–Crippen MR) is 65.8 cm³/mol. The van der Waals surface area contributed by atoms with E-state index in [0.717, 1.165) is 0 Å². The molecule has 0 radical (unpaired) electrons. The van der Waals surface area contributed by atoms with Crippen LogP contribution in [0.3, 0.4) is 0 Å². The smallest absolute Gasteiger partial charge is 0.308 e. The van der Waals surface area contributed by atoms with E-state index in [-0.39, 0.29) is 6.42 Å². The second kappa shape index (κ2) is 6.86. The molecule has 0 saturated heterocycles. The van der Waals surface area contributed by atoms with Crippen molar-refractivity contribution in [2.45, 2.75) is 19.4 Å². The van der Waals surface area contributed by atoms with E-state index >= 15 is 0 Å². The maximum atomic E-state index is 11.3. The zero-order chi connectivity index (χ0) is 13.5. The Morgan fingerprint density at radius 1 is 1.33 bits per heavy atom. The van der Waals surface area contributed by atoms with Gasteiger partial charge in [0.15, 0.2) is 11.5 Å². The predicted octanol–water partition coefficient (Wildman–Crippen LogP) is 1.69. The minimum Gasteiger partial charge on any atom is -0.493 e. The average molecular weight is 254 g/mol. The van der Waals surface area contributed by atoms with Gasteiger partial charge in [-0.25, -0.2) is 0 Å². The van der Waals surface area contributed by atoms with Crippen molar-refractivity contribution < 1.29 is 24.1 Å². The summed E-state index contributed by atoms with van der Waals surface area (Å²) < 4.78 is 15.1. The molecule has 0 bridgehead atoms. The van der Waals surface area contributed by atoms with Crippen molar-refractivity contribution in [2.24, 2.45) is 0 Å². The number of aliphatic hydroxyl groups excluding tert-OH is 1. The van der Waals surface area contributed by atoms with Gasteiger partial charge >= 0.3 is 5.97 Å². The first-order valence-electron chi connectivity index (χ1n) is 5.68. The SMILES string of the molecule is CCOC(=O)CC(O)c1cccc(OC)c1OC. The van der Waals surface area contributed by atoms with E-state index in [2.05, 4.69) is 0 Å². The Morgan fingerprint density at radius 2 is 2.06 bits per heavy atom. The first-order chi connectivity index (χ1) is 8.63. The van der Waals surface area contributed by atoms with Crippen LogP contribution < -0.4 is 9.47 Å². The van der Waals surface area contributed by atoms with Gasteiger partial charge in [-0.15, -0.1) is 0 Å². The summed E-state index contributed by atoms with van der Waals surface area (Å²) in [5.41, 5.74) is 0.505. The van der Waals surface area contributed by atoms with Crippen molar-refractivity contribution in [3.05, 3.63) is 23.8 Å². The zero-order valence-corrected chi connectivity index (χ0v) is 10.8. The lowest BCUT2D eigenvalue weighted by atomic mass is 10.0. The summed E-state index contributed by atoms with van der Waals surface area (Å²) >= 11 is 0. The van der Waals surface area contributed by atoms with E-state index in [1.54, 1.807) is 25.1 Å². The highest BCUT2D eigenvalue weighted by atomic mass is 16.5. The monoisotopic (exact) mass is 254 g/mol. The maximum Gasteiger partial charge on any atom is 0.308 e. The molecule has 0 fully saturated rings. The molecule has 0 heterocycles. The summed E-state index contributed by atoms with van der Waals surface area (Å²) in [4.78, 5) is 11.3. The van der Waals surface area contributed by atoms with Crippen LogP contribution in [-0.4, -0.2) is 31.9 Å². The number of benzene rings is 1. The summed E-state index contributed by atoms with van der Waals surface area (Å²) in [7, 11) is 3.00. The topological polar surface area (TPSA) is 65.0 Å². The van der Waals surface area contributed by atoms with Crippen molar-refractivity contribution in [3.8, 4) is 11.5 Å². The minimum absolute atomic E-state index is 0.114. The number of hydrogen-bond acceptors (Lipinski definition) is 5. The molecule has 0 amide bonds. The van der Waals surface area contributed by atoms with E-state index in [9.17, 15) is 9.90 Å². The van der Waals surface area contributed by atoms with Gasteiger partial charge in [0.25, 0.3) is 0 Å². The lowest BCUT2D eigenvalue weighted by Crippen LogP contribution is -2.11. The van der Waals surface area contributed by atoms with Gasteiger partial charge in [-0.05, 0) is 13.0 Å². The molecule has 0 aliphatic heterocycles. The largest absolute Gasteiger partial charge is 0.493 e. The third kappa shape index (κ3) is 3.37. The molecular formula is C13H18O5. The summed E-state index contributed by atoms with van der Waals surface area (Å²) in [6.07, 6.45) is -1.09. The number of aliphatic hydroxyl groups is 1. The standard InChI is InChI=1S/C13H18O5/c1-4-18-12(15)8-10(14)9-6-5-7-11(16-2)13(9)17-3/h5-7,10,14H,4,8H2,1-3H3. The lowest BCUT2D eigenvalue weighted by molar-refractivity contribution is -0.145. The van der Waals surface area contributed by atoms with Crippen molar-refractivity contribution in [1.29, 1.82) is 0 Å². The number of ether oxygens (including phenoxy) is 3. The van der Waals surface area contributed by atoms with Crippen molar-refractivity contribution in [2.75, 3.05) is 20.8 Å². The van der Waals surface area contributed by atoms with Crippen LogP contribution in [0.4, 0.5) is 0 Å². The summed E-state index contributed by atoms with van der Waals surface area (Å²) in [5.74, 6) is 0.490. The Morgan fingerprint density at radius 3 is 2.61 bits per heavy atom. The van der Waals surface area contributed by atoms with Crippen LogP contribution in [0.2, 0.25) is 0 Å². The fourth-order valence-electron chi connectivity index (χ4n) is 1.66. The first kappa shape index (κ1) is 14.3. The number of esters is 1. The molecule has 0 aliphatic carbocycles. The van der Waals surface area contributed by atoms with Crippen molar-refractivity contribution in [1.82, 2.24) is 0 Å². The quantitative estimate of drug-likeness (QED) is 0.782. The third-order valence-electron chi connectivity index (χ3n) is 2.46. The molecule has 1 atom stereocenters. The zero-order valence-electron chi connectivity index (χ0n) is 10.8. The second-order valence-electron chi connectivity index (χ2n) is 3.61. The van der Waals surface area contributed by atoms with E-state index in [4.69, 9.17) is 14.2 Å². The molecule has 100 valence electrons. The molecule has 0 aliphatic rings. The Labute approximate surface area is 106 Å². The van der Waals surface area contributed by atoms with Crippen molar-refractivity contribution >= 4 is 5.97 Å². The fourth-order valence-corrected chi connectivity index (χ4v) is 1.66. The number of methoxy groups -OCH3 is 2. The molecule has 1 unspecified atom stereocenters. The summed E-state index contributed by atoms with van der Waals surface area (Å²) in [6.45, 7) is 2.01. The Hall–Kier alpha value is -1.75. The maximum absolute atomic E-state index is 11.3. The van der Waals surface area contributed by atoms with E-state index in [1.165, 1.54) is 14.2 Å². The van der Waals surface area contributed by atoms with Gasteiger partial charge in [0.05, 0.1) is 33.4 Å². The van der Waals surface area contributed by atoms with Gasteiger partial charge in [-0.3, -0.25) is 4.79 Å². The highest BCUT2D eigenvalue weighted by Gasteiger charge is 2.20. The van der Waals surface area contributed by atoms with Crippen LogP contribution in [0.25, 0.3) is 0 Å². The van der Waals surface area contributed by atoms with Gasteiger partial charge in [0.2, 0.25) is 0 Å². The van der Waals surface area contributed by atoms with Crippen molar-refractivity contribution in [3.63, 3.8) is 0 Å². The number of hydrogen-bond donors (Lipinski definition) is 1. The first-order valence-corrected chi connectivity index (χ1v) is 5.68.